The summed E-state index contributed by atoms with van der Waals surface area (Å²) < 4.78 is 16.8. The molecule has 210 valence electrons. The van der Waals surface area contributed by atoms with Crippen LogP contribution in [-0.4, -0.2) is 59.2 Å². The lowest BCUT2D eigenvalue weighted by Crippen LogP contribution is -2.58. The molecule has 1 unspecified atom stereocenters. The zero-order chi connectivity index (χ0) is 29.4. The van der Waals surface area contributed by atoms with Gasteiger partial charge in [-0.05, 0) is 24.8 Å². The van der Waals surface area contributed by atoms with Crippen molar-refractivity contribution >= 4 is 45.7 Å². The highest BCUT2D eigenvalue weighted by Crippen LogP contribution is 2.53. The van der Waals surface area contributed by atoms with Crippen LogP contribution in [0.2, 0.25) is 0 Å². The van der Waals surface area contributed by atoms with E-state index in [-0.39, 0.29) is 30.6 Å². The first kappa shape index (κ1) is 26.2. The lowest BCUT2D eigenvalue weighted by Gasteiger charge is -2.46. The smallest absolute Gasteiger partial charge is 0.255 e. The summed E-state index contributed by atoms with van der Waals surface area (Å²) in [6.07, 6.45) is 0.771. The highest BCUT2D eigenvalue weighted by Gasteiger charge is 2.60. The highest BCUT2D eigenvalue weighted by atomic mass is 19.1. The molecule has 0 bridgehead atoms. The highest BCUT2D eigenvalue weighted by molar-refractivity contribution is 6.22. The molecule has 0 radical (unpaired) electrons. The number of Topliss-reactive ketones (excluding diaryl/α,β-unsaturated/α-hetero) is 2. The SMILES string of the molecule is NC(=O)C1=C(O)[C@@]2(O)C(=O)C3=C(O)c4c(O)c(NC(=O)Cn5ncc6ccccc65)cc(F)c4CC3C[C@H]2CC1=O. The third-order valence-electron chi connectivity index (χ3n) is 8.13. The predicted octanol–water partition coefficient (Wildman–Crippen LogP) is 1.55. The van der Waals surface area contributed by atoms with Gasteiger partial charge in [-0.2, -0.15) is 5.10 Å². The van der Waals surface area contributed by atoms with E-state index in [2.05, 4.69) is 10.4 Å². The fourth-order valence-electron chi connectivity index (χ4n) is 6.22. The summed E-state index contributed by atoms with van der Waals surface area (Å²) in [5.41, 5.74) is 0.822. The van der Waals surface area contributed by atoms with Crippen molar-refractivity contribution in [1.29, 1.82) is 0 Å². The molecule has 2 amide bonds. The molecule has 6 rings (SSSR count). The van der Waals surface area contributed by atoms with Crippen molar-refractivity contribution in [2.75, 3.05) is 5.32 Å². The standard InChI is InChI=1S/C28H23FN4O8/c29-15-8-16(32-19(35)10-33-17-4-2-1-3-11(17)9-31-33)23(36)21-14(15)6-12-5-13-7-18(34)22(27(30)40)26(39)28(13,41)25(38)20(12)24(21)37/h1-4,8-9,12-13,36-37,39,41H,5-7,10H2,(H2,30,40)(H,32,35)/t12?,13-,28-/m0/s1. The molecule has 0 spiro atoms. The number of nitrogens with one attached hydrogen (secondary N) is 1. The minimum Gasteiger partial charge on any atom is -0.508 e. The van der Waals surface area contributed by atoms with Gasteiger partial charge in [0.15, 0.2) is 17.1 Å². The van der Waals surface area contributed by atoms with Crippen molar-refractivity contribution in [3.63, 3.8) is 0 Å². The number of nitrogens with two attached hydrogens (primary N) is 1. The molecule has 2 aromatic carbocycles. The summed E-state index contributed by atoms with van der Waals surface area (Å²) in [6, 6.07) is 8.04. The first-order valence-electron chi connectivity index (χ1n) is 12.7. The number of primary amides is 1. The molecule has 1 fully saturated rings. The number of nitrogens with zero attached hydrogens (tertiary/aromatic N) is 2. The first-order valence-corrected chi connectivity index (χ1v) is 12.7. The molecule has 3 aliphatic rings. The second-order valence-corrected chi connectivity index (χ2v) is 10.4. The van der Waals surface area contributed by atoms with E-state index >= 15 is 4.39 Å². The Hall–Kier alpha value is -5.04. The Labute approximate surface area is 230 Å². The van der Waals surface area contributed by atoms with E-state index in [1.54, 1.807) is 18.3 Å². The van der Waals surface area contributed by atoms with Gasteiger partial charge in [0.25, 0.3) is 5.91 Å². The molecule has 1 aromatic heterocycles. The molecule has 41 heavy (non-hydrogen) atoms. The van der Waals surface area contributed by atoms with E-state index in [9.17, 15) is 39.6 Å². The van der Waals surface area contributed by atoms with Crippen LogP contribution in [0.5, 0.6) is 5.75 Å². The number of phenols is 1. The number of halogens is 1. The number of anilines is 1. The predicted molar refractivity (Wildman–Crippen MR) is 140 cm³/mol. The second kappa shape index (κ2) is 8.99. The maximum Gasteiger partial charge on any atom is 0.255 e. The fourth-order valence-corrected chi connectivity index (χ4v) is 6.22. The van der Waals surface area contributed by atoms with Crippen LogP contribution in [0.3, 0.4) is 0 Å². The second-order valence-electron chi connectivity index (χ2n) is 10.4. The van der Waals surface area contributed by atoms with Crippen LogP contribution in [-0.2, 0) is 32.1 Å². The zero-order valence-electron chi connectivity index (χ0n) is 21.2. The number of carbonyl (C=O) groups excluding carboxylic acids is 4. The van der Waals surface area contributed by atoms with Gasteiger partial charge >= 0.3 is 0 Å². The molecule has 3 aromatic rings. The van der Waals surface area contributed by atoms with Gasteiger partial charge < -0.3 is 31.5 Å². The zero-order valence-corrected chi connectivity index (χ0v) is 21.2. The van der Waals surface area contributed by atoms with Gasteiger partial charge in [-0.1, -0.05) is 18.2 Å². The van der Waals surface area contributed by atoms with Gasteiger partial charge in [0.2, 0.25) is 11.7 Å². The van der Waals surface area contributed by atoms with Gasteiger partial charge in [0.1, 0.15) is 29.5 Å². The number of ketones is 2. The summed E-state index contributed by atoms with van der Waals surface area (Å²) in [5.74, 6) is -9.75. The summed E-state index contributed by atoms with van der Waals surface area (Å²) >= 11 is 0. The van der Waals surface area contributed by atoms with Crippen molar-refractivity contribution in [3.8, 4) is 5.75 Å². The number of carbonyl (C=O) groups is 4. The number of aromatic nitrogens is 2. The number of fused-ring (bicyclic) bond motifs is 4. The number of aliphatic hydroxyl groups is 3. The third-order valence-corrected chi connectivity index (χ3v) is 8.13. The van der Waals surface area contributed by atoms with Crippen LogP contribution in [0.25, 0.3) is 16.7 Å². The molecule has 13 heteroatoms. The van der Waals surface area contributed by atoms with Crippen molar-refractivity contribution in [3.05, 3.63) is 70.4 Å². The number of benzene rings is 2. The van der Waals surface area contributed by atoms with E-state index in [0.29, 0.717) is 5.52 Å². The van der Waals surface area contributed by atoms with Crippen LogP contribution in [0.1, 0.15) is 24.0 Å². The minimum absolute atomic E-state index is 0.126. The number of rotatable bonds is 4. The molecule has 7 N–H and O–H groups in total. The average molecular weight is 563 g/mol. The van der Waals surface area contributed by atoms with Crippen LogP contribution < -0.4 is 11.1 Å². The molecule has 12 nitrogen and oxygen atoms in total. The quantitative estimate of drug-likeness (QED) is 0.201. The molecule has 1 saturated carbocycles. The minimum atomic E-state index is -2.73. The molecule has 1 heterocycles. The van der Waals surface area contributed by atoms with Crippen molar-refractivity contribution in [1.82, 2.24) is 9.78 Å². The van der Waals surface area contributed by atoms with Crippen LogP contribution in [0.4, 0.5) is 10.1 Å². The molecule has 0 aliphatic heterocycles. The number of aliphatic hydroxyl groups excluding tert-OH is 2. The number of amides is 2. The Morgan fingerprint density at radius 1 is 1.17 bits per heavy atom. The van der Waals surface area contributed by atoms with E-state index in [1.807, 2.05) is 12.1 Å². The summed E-state index contributed by atoms with van der Waals surface area (Å²) in [6.45, 7) is -0.278. The first-order chi connectivity index (χ1) is 19.4. The van der Waals surface area contributed by atoms with Crippen LogP contribution in [0.15, 0.2) is 53.4 Å². The number of hydrogen-bond donors (Lipinski definition) is 6. The van der Waals surface area contributed by atoms with Gasteiger partial charge in [-0.25, -0.2) is 4.39 Å². The maximum absolute atomic E-state index is 15.3. The Bertz CT molecular complexity index is 1790. The summed E-state index contributed by atoms with van der Waals surface area (Å²) in [4.78, 5) is 50.6. The molecular formula is C28H23FN4O8. The maximum atomic E-state index is 15.3. The Balaban J connectivity index is 1.38. The number of hydrogen-bond acceptors (Lipinski definition) is 9. The number of aromatic hydroxyl groups is 1. The topological polar surface area (TPSA) is 205 Å². The third kappa shape index (κ3) is 3.73. The average Bonchev–Trinajstić information content (AvgIpc) is 3.31. The summed E-state index contributed by atoms with van der Waals surface area (Å²) in [7, 11) is 0. The Kier molecular flexibility index (Phi) is 5.75. The molecule has 3 atom stereocenters. The van der Waals surface area contributed by atoms with E-state index in [4.69, 9.17) is 5.73 Å². The van der Waals surface area contributed by atoms with Gasteiger partial charge in [-0.15, -0.1) is 0 Å². The van der Waals surface area contributed by atoms with Crippen LogP contribution >= 0.6 is 0 Å². The summed E-state index contributed by atoms with van der Waals surface area (Å²) in [5, 5.41) is 51.5. The van der Waals surface area contributed by atoms with Crippen molar-refractivity contribution < 1.29 is 44.0 Å². The largest absolute Gasteiger partial charge is 0.508 e. The number of phenolic OH excluding ortho intramolecular Hbond substituents is 1. The van der Waals surface area contributed by atoms with E-state index in [0.717, 1.165) is 11.5 Å². The monoisotopic (exact) mass is 562 g/mol. The number of para-hydroxylation sites is 1. The Morgan fingerprint density at radius 3 is 2.63 bits per heavy atom. The van der Waals surface area contributed by atoms with Gasteiger partial charge in [-0.3, -0.25) is 23.9 Å². The van der Waals surface area contributed by atoms with Crippen molar-refractivity contribution in [2.24, 2.45) is 17.6 Å². The fraction of sp³-hybridized carbons (Fsp3) is 0.250. The lowest BCUT2D eigenvalue weighted by molar-refractivity contribution is -0.147. The van der Waals surface area contributed by atoms with Crippen molar-refractivity contribution in [2.45, 2.75) is 31.4 Å². The van der Waals surface area contributed by atoms with E-state index in [1.165, 1.54) is 4.68 Å². The van der Waals surface area contributed by atoms with Gasteiger partial charge in [0.05, 0.1) is 23.0 Å². The normalized spacial score (nSPS) is 23.8. The molecule has 3 aliphatic carbocycles. The van der Waals surface area contributed by atoms with Crippen LogP contribution in [0, 0.1) is 17.7 Å². The molecule has 0 saturated heterocycles. The molecular weight excluding hydrogens is 539 g/mol. The van der Waals surface area contributed by atoms with Gasteiger partial charge in [0, 0.05) is 34.9 Å². The van der Waals surface area contributed by atoms with E-state index < -0.39 is 87.0 Å². The lowest BCUT2D eigenvalue weighted by atomic mass is 9.59. The Morgan fingerprint density at radius 2 is 1.90 bits per heavy atom.